The third-order valence-corrected chi connectivity index (χ3v) is 6.63. The van der Waals surface area contributed by atoms with Gasteiger partial charge >= 0.3 is 6.18 Å². The molecule has 1 fully saturated rings. The van der Waals surface area contributed by atoms with Gasteiger partial charge in [-0.2, -0.15) is 18.3 Å². The first-order chi connectivity index (χ1) is 13.4. The van der Waals surface area contributed by atoms with Gasteiger partial charge in [-0.1, -0.05) is 11.6 Å². The molecule has 0 aliphatic carbocycles. The molecule has 1 aliphatic rings. The molecule has 0 unspecified atom stereocenters. The van der Waals surface area contributed by atoms with Crippen LogP contribution in [0.1, 0.15) is 17.7 Å². The molecule has 2 heterocycles. The van der Waals surface area contributed by atoms with Crippen molar-refractivity contribution in [3.63, 3.8) is 0 Å². The molecule has 29 heavy (non-hydrogen) atoms. The maximum absolute atomic E-state index is 13.4. The summed E-state index contributed by atoms with van der Waals surface area (Å²) in [5.74, 6) is -0.424. The fourth-order valence-corrected chi connectivity index (χ4v) is 5.01. The lowest BCUT2D eigenvalue weighted by molar-refractivity contribution is -0.139. The number of hydrogen-bond acceptors (Lipinski definition) is 5. The van der Waals surface area contributed by atoms with E-state index in [0.29, 0.717) is 19.5 Å². The molecule has 0 bridgehead atoms. The Labute approximate surface area is 171 Å². The van der Waals surface area contributed by atoms with E-state index in [4.69, 9.17) is 16.3 Å². The fraction of sp³-hybridized carbons (Fsp3) is 0.471. The minimum Gasteiger partial charge on any atom is -0.488 e. The molecule has 1 aromatic carbocycles. The minimum absolute atomic E-state index is 0.0707. The number of ether oxygens (including phenoxy) is 1. The average molecular weight is 453 g/mol. The first-order valence-electron chi connectivity index (χ1n) is 8.67. The van der Waals surface area contributed by atoms with Crippen LogP contribution in [-0.4, -0.2) is 49.3 Å². The number of rotatable bonds is 5. The number of alkyl halides is 3. The van der Waals surface area contributed by atoms with Gasteiger partial charge in [0.2, 0.25) is 0 Å². The number of hydrogen-bond donors (Lipinski definition) is 1. The van der Waals surface area contributed by atoms with Crippen molar-refractivity contribution in [2.24, 2.45) is 7.05 Å². The number of halogens is 4. The summed E-state index contributed by atoms with van der Waals surface area (Å²) in [5.41, 5.74) is -0.869. The van der Waals surface area contributed by atoms with E-state index in [9.17, 15) is 21.6 Å². The molecule has 0 spiro atoms. The summed E-state index contributed by atoms with van der Waals surface area (Å²) in [6.45, 7) is 2.66. The summed E-state index contributed by atoms with van der Waals surface area (Å²) < 4.78 is 74.6. The maximum Gasteiger partial charge on any atom is 0.419 e. The van der Waals surface area contributed by atoms with E-state index in [2.05, 4.69) is 9.82 Å². The van der Waals surface area contributed by atoms with Gasteiger partial charge in [0.05, 0.1) is 16.9 Å². The van der Waals surface area contributed by atoms with Crippen molar-refractivity contribution in [2.45, 2.75) is 30.5 Å². The van der Waals surface area contributed by atoms with Crippen LogP contribution in [0.3, 0.4) is 0 Å². The smallest absolute Gasteiger partial charge is 0.419 e. The number of benzene rings is 1. The molecule has 0 radical (unpaired) electrons. The highest BCUT2D eigenvalue weighted by atomic mass is 35.5. The molecular formula is C17H20ClF3N4O3S. The molecule has 160 valence electrons. The van der Waals surface area contributed by atoms with Crippen LogP contribution in [0.2, 0.25) is 5.15 Å². The molecule has 0 amide bonds. The van der Waals surface area contributed by atoms with E-state index in [1.807, 2.05) is 11.9 Å². The van der Waals surface area contributed by atoms with E-state index >= 15 is 0 Å². The number of nitrogens with zero attached hydrogens (tertiary/aromatic N) is 3. The predicted octanol–water partition coefficient (Wildman–Crippen LogP) is 3.28. The number of sulfonamides is 1. The van der Waals surface area contributed by atoms with Crippen LogP contribution < -0.4 is 9.46 Å². The van der Waals surface area contributed by atoms with Gasteiger partial charge in [0, 0.05) is 26.2 Å². The monoisotopic (exact) mass is 452 g/mol. The number of aryl methyl sites for hydroxylation is 2. The first kappa shape index (κ1) is 21.7. The molecule has 1 aliphatic heterocycles. The second kappa shape index (κ2) is 7.69. The van der Waals surface area contributed by atoms with E-state index < -0.39 is 33.6 Å². The van der Waals surface area contributed by atoms with E-state index in [1.165, 1.54) is 18.7 Å². The molecule has 1 atom stereocenters. The third-order valence-electron chi connectivity index (χ3n) is 4.55. The topological polar surface area (TPSA) is 76.5 Å². The summed E-state index contributed by atoms with van der Waals surface area (Å²) >= 11 is 6.01. The van der Waals surface area contributed by atoms with Crippen LogP contribution >= 0.6 is 11.6 Å². The highest BCUT2D eigenvalue weighted by molar-refractivity contribution is 7.92. The molecule has 1 N–H and O–H groups in total. The maximum atomic E-state index is 13.4. The van der Waals surface area contributed by atoms with Crippen LogP contribution in [0.5, 0.6) is 5.75 Å². The van der Waals surface area contributed by atoms with Crippen molar-refractivity contribution in [3.8, 4) is 5.75 Å². The molecule has 1 saturated heterocycles. The van der Waals surface area contributed by atoms with Gasteiger partial charge in [0.15, 0.2) is 0 Å². The lowest BCUT2D eigenvalue weighted by Crippen LogP contribution is -2.23. The molecule has 12 heteroatoms. The standard InChI is InChI=1S/C17H20ClF3N4O3S/c1-10-15(16(18)25(3)22-10)29(26,27)23-11-4-5-13(17(19,20)21)14(8-11)28-12-6-7-24(2)9-12/h4-5,8,12,23H,6-7,9H2,1-3H3/t12-/m1/s1. The molecule has 7 nitrogen and oxygen atoms in total. The predicted molar refractivity (Wildman–Crippen MR) is 102 cm³/mol. The van der Waals surface area contributed by atoms with Crippen molar-refractivity contribution in [2.75, 3.05) is 24.9 Å². The molecule has 3 rings (SSSR count). The van der Waals surface area contributed by atoms with Gasteiger partial charge in [-0.05, 0) is 32.5 Å². The number of nitrogens with one attached hydrogen (secondary N) is 1. The Balaban J connectivity index is 1.94. The Kier molecular flexibility index (Phi) is 5.76. The second-order valence-corrected chi connectivity index (χ2v) is 8.91. The zero-order chi connectivity index (χ0) is 21.6. The largest absolute Gasteiger partial charge is 0.488 e. The Morgan fingerprint density at radius 1 is 1.31 bits per heavy atom. The Hall–Kier alpha value is -1.98. The van der Waals surface area contributed by atoms with Gasteiger partial charge in [-0.25, -0.2) is 8.42 Å². The molecule has 2 aromatic rings. The van der Waals surface area contributed by atoms with Gasteiger partial charge in [0.25, 0.3) is 10.0 Å². The highest BCUT2D eigenvalue weighted by Gasteiger charge is 2.36. The van der Waals surface area contributed by atoms with E-state index in [1.54, 1.807) is 0 Å². The van der Waals surface area contributed by atoms with Crippen LogP contribution in [0.15, 0.2) is 23.1 Å². The molecule has 1 aromatic heterocycles. The number of anilines is 1. The van der Waals surface area contributed by atoms with Crippen molar-refractivity contribution in [1.29, 1.82) is 0 Å². The zero-order valence-corrected chi connectivity index (χ0v) is 17.5. The normalized spacial score (nSPS) is 18.2. The lowest BCUT2D eigenvalue weighted by Gasteiger charge is -2.19. The van der Waals surface area contributed by atoms with E-state index in [-0.39, 0.29) is 21.4 Å². The van der Waals surface area contributed by atoms with Crippen LogP contribution in [0, 0.1) is 6.92 Å². The quantitative estimate of drug-likeness (QED) is 0.753. The van der Waals surface area contributed by atoms with Gasteiger partial charge < -0.3 is 9.64 Å². The zero-order valence-electron chi connectivity index (χ0n) is 15.9. The van der Waals surface area contributed by atoms with Crippen molar-refractivity contribution >= 4 is 27.3 Å². The Morgan fingerprint density at radius 3 is 2.52 bits per heavy atom. The van der Waals surface area contributed by atoms with Crippen molar-refractivity contribution in [1.82, 2.24) is 14.7 Å². The summed E-state index contributed by atoms with van der Waals surface area (Å²) in [6, 6.07) is 2.87. The van der Waals surface area contributed by atoms with Gasteiger partial charge in [-0.15, -0.1) is 0 Å². The summed E-state index contributed by atoms with van der Waals surface area (Å²) in [6.07, 6.45) is -4.47. The Morgan fingerprint density at radius 2 is 2.00 bits per heavy atom. The average Bonchev–Trinajstić information content (AvgIpc) is 3.08. The summed E-state index contributed by atoms with van der Waals surface area (Å²) in [7, 11) is -0.836. The third kappa shape index (κ3) is 4.62. The number of aromatic nitrogens is 2. The fourth-order valence-electron chi connectivity index (χ4n) is 3.21. The van der Waals surface area contributed by atoms with Crippen molar-refractivity contribution < 1.29 is 26.3 Å². The van der Waals surface area contributed by atoms with Gasteiger partial charge in [-0.3, -0.25) is 9.40 Å². The second-order valence-electron chi connectivity index (χ2n) is 6.93. The minimum atomic E-state index is -4.64. The van der Waals surface area contributed by atoms with E-state index in [0.717, 1.165) is 18.2 Å². The summed E-state index contributed by atoms with van der Waals surface area (Å²) in [5, 5.41) is 3.84. The van der Waals surface area contributed by atoms with Crippen molar-refractivity contribution in [3.05, 3.63) is 34.6 Å². The number of likely N-dealkylation sites (N-methyl/N-ethyl adjacent to an activating group) is 1. The summed E-state index contributed by atoms with van der Waals surface area (Å²) in [4.78, 5) is 1.71. The lowest BCUT2D eigenvalue weighted by atomic mass is 10.1. The number of likely N-dealkylation sites (tertiary alicyclic amines) is 1. The highest BCUT2D eigenvalue weighted by Crippen LogP contribution is 2.39. The Bertz CT molecular complexity index is 1020. The SMILES string of the molecule is Cc1nn(C)c(Cl)c1S(=O)(=O)Nc1ccc(C(F)(F)F)c(O[C@@H]2CCN(C)C2)c1. The van der Waals surface area contributed by atoms with Crippen LogP contribution in [0.4, 0.5) is 18.9 Å². The first-order valence-corrected chi connectivity index (χ1v) is 10.5. The van der Waals surface area contributed by atoms with Crippen LogP contribution in [-0.2, 0) is 23.2 Å². The molecule has 0 saturated carbocycles. The molecular weight excluding hydrogens is 433 g/mol. The van der Waals surface area contributed by atoms with Crippen LogP contribution in [0.25, 0.3) is 0 Å². The van der Waals surface area contributed by atoms with Gasteiger partial charge in [0.1, 0.15) is 21.9 Å².